The van der Waals surface area contributed by atoms with E-state index in [-0.39, 0.29) is 11.7 Å². The Bertz CT molecular complexity index is 408. The summed E-state index contributed by atoms with van der Waals surface area (Å²) >= 11 is 0. The van der Waals surface area contributed by atoms with Gasteiger partial charge in [-0.15, -0.1) is 0 Å². The number of unbranched alkanes of at least 4 members (excludes halogenated alkanes) is 1. The second-order valence-corrected chi connectivity index (χ2v) is 4.48. The predicted octanol–water partition coefficient (Wildman–Crippen LogP) is 3.71. The largest absolute Gasteiger partial charge is 0.354 e. The van der Waals surface area contributed by atoms with Crippen LogP contribution in [0, 0.1) is 0 Å². The Hall–Kier alpha value is -1.08. The lowest BCUT2D eigenvalue weighted by Crippen LogP contribution is -2.20. The summed E-state index contributed by atoms with van der Waals surface area (Å²) in [6.45, 7) is 2.23. The quantitative estimate of drug-likeness (QED) is 0.676. The highest BCUT2D eigenvalue weighted by Crippen LogP contribution is 2.52. The van der Waals surface area contributed by atoms with E-state index in [9.17, 15) is 0 Å². The van der Waals surface area contributed by atoms with Crippen LogP contribution in [-0.4, -0.2) is 0 Å². The van der Waals surface area contributed by atoms with Crippen LogP contribution < -0.4 is 0 Å². The SMILES string of the molecule is CCCCC12C=CC(O1)c1ccccc12. The summed E-state index contributed by atoms with van der Waals surface area (Å²) in [7, 11) is 0. The van der Waals surface area contributed by atoms with Crippen LogP contribution >= 0.6 is 0 Å². The molecule has 0 saturated carbocycles. The van der Waals surface area contributed by atoms with Gasteiger partial charge in [0.05, 0.1) is 0 Å². The Morgan fingerprint density at radius 1 is 1.33 bits per heavy atom. The van der Waals surface area contributed by atoms with Crippen molar-refractivity contribution in [1.82, 2.24) is 0 Å². The number of benzene rings is 1. The summed E-state index contributed by atoms with van der Waals surface area (Å²) in [5.74, 6) is 0. The Labute approximate surface area is 90.8 Å². The summed E-state index contributed by atoms with van der Waals surface area (Å²) in [6.07, 6.45) is 8.26. The molecule has 3 rings (SSSR count). The summed E-state index contributed by atoms with van der Waals surface area (Å²) in [4.78, 5) is 0. The monoisotopic (exact) mass is 200 g/mol. The first-order valence-electron chi connectivity index (χ1n) is 5.82. The molecule has 2 atom stereocenters. The van der Waals surface area contributed by atoms with Gasteiger partial charge in [0.25, 0.3) is 0 Å². The molecule has 0 saturated heterocycles. The molecule has 0 aromatic heterocycles. The maximum absolute atomic E-state index is 6.12. The molecule has 1 heteroatoms. The van der Waals surface area contributed by atoms with Crippen molar-refractivity contribution in [1.29, 1.82) is 0 Å². The van der Waals surface area contributed by atoms with E-state index in [2.05, 4.69) is 43.3 Å². The molecule has 2 aliphatic rings. The summed E-state index contributed by atoms with van der Waals surface area (Å²) in [5.41, 5.74) is 2.68. The minimum absolute atomic E-state index is 0.0860. The Morgan fingerprint density at radius 2 is 2.20 bits per heavy atom. The molecule has 1 nitrogen and oxygen atoms in total. The number of ether oxygens (including phenoxy) is 1. The average Bonchev–Trinajstić information content (AvgIpc) is 2.84. The lowest BCUT2D eigenvalue weighted by molar-refractivity contribution is -0.00996. The van der Waals surface area contributed by atoms with Crippen molar-refractivity contribution in [2.75, 3.05) is 0 Å². The second-order valence-electron chi connectivity index (χ2n) is 4.48. The van der Waals surface area contributed by atoms with Gasteiger partial charge in [0.2, 0.25) is 0 Å². The van der Waals surface area contributed by atoms with Gasteiger partial charge in [-0.3, -0.25) is 0 Å². The standard InChI is InChI=1S/C14H16O/c1-2-3-9-14-10-8-13(15-14)11-6-4-5-7-12(11)14/h4-8,10,13H,2-3,9H2,1H3. The fraction of sp³-hybridized carbons (Fsp3) is 0.429. The third kappa shape index (κ3) is 1.19. The molecule has 2 heterocycles. The van der Waals surface area contributed by atoms with E-state index in [4.69, 9.17) is 4.74 Å². The third-order valence-corrected chi connectivity index (χ3v) is 3.50. The van der Waals surface area contributed by atoms with Crippen LogP contribution in [0.25, 0.3) is 0 Å². The van der Waals surface area contributed by atoms with Gasteiger partial charge in [0.15, 0.2) is 0 Å². The Balaban J connectivity index is 2.01. The highest BCUT2D eigenvalue weighted by molar-refractivity contribution is 5.47. The van der Waals surface area contributed by atoms with Crippen molar-refractivity contribution < 1.29 is 4.74 Å². The van der Waals surface area contributed by atoms with Gasteiger partial charge in [-0.05, 0) is 23.6 Å². The number of rotatable bonds is 3. The van der Waals surface area contributed by atoms with Gasteiger partial charge in [-0.25, -0.2) is 0 Å². The average molecular weight is 200 g/mol. The van der Waals surface area contributed by atoms with E-state index in [1.807, 2.05) is 0 Å². The number of hydrogen-bond acceptors (Lipinski definition) is 1. The van der Waals surface area contributed by atoms with Crippen molar-refractivity contribution in [2.24, 2.45) is 0 Å². The van der Waals surface area contributed by atoms with Crippen LogP contribution in [0.2, 0.25) is 0 Å². The molecule has 0 N–H and O–H groups in total. The van der Waals surface area contributed by atoms with Crippen LogP contribution in [0.15, 0.2) is 36.4 Å². The maximum atomic E-state index is 6.12. The van der Waals surface area contributed by atoms with Crippen LogP contribution in [-0.2, 0) is 10.3 Å². The zero-order valence-electron chi connectivity index (χ0n) is 9.07. The minimum atomic E-state index is -0.0860. The molecule has 0 spiro atoms. The minimum Gasteiger partial charge on any atom is -0.354 e. The van der Waals surface area contributed by atoms with Gasteiger partial charge in [0, 0.05) is 0 Å². The maximum Gasteiger partial charge on any atom is 0.113 e. The molecule has 1 aromatic rings. The third-order valence-electron chi connectivity index (χ3n) is 3.50. The highest BCUT2D eigenvalue weighted by Gasteiger charge is 2.45. The molecule has 0 radical (unpaired) electrons. The summed E-state index contributed by atoms with van der Waals surface area (Å²) < 4.78 is 6.12. The molecule has 0 amide bonds. The van der Waals surface area contributed by atoms with Crippen LogP contribution in [0.3, 0.4) is 0 Å². The van der Waals surface area contributed by atoms with Crippen LogP contribution in [0.4, 0.5) is 0 Å². The zero-order valence-corrected chi connectivity index (χ0v) is 9.07. The topological polar surface area (TPSA) is 9.23 Å². The smallest absolute Gasteiger partial charge is 0.113 e. The lowest BCUT2D eigenvalue weighted by atomic mass is 9.84. The molecule has 1 aromatic carbocycles. The molecule has 0 fully saturated rings. The van der Waals surface area contributed by atoms with E-state index < -0.39 is 0 Å². The number of fused-ring (bicyclic) bond motifs is 5. The van der Waals surface area contributed by atoms with Crippen LogP contribution in [0.1, 0.15) is 43.4 Å². The van der Waals surface area contributed by atoms with Gasteiger partial charge < -0.3 is 4.74 Å². The van der Waals surface area contributed by atoms with Crippen molar-refractivity contribution in [3.63, 3.8) is 0 Å². The number of hydrogen-bond donors (Lipinski definition) is 0. The molecule has 2 unspecified atom stereocenters. The van der Waals surface area contributed by atoms with E-state index in [1.165, 1.54) is 24.0 Å². The van der Waals surface area contributed by atoms with Gasteiger partial charge >= 0.3 is 0 Å². The van der Waals surface area contributed by atoms with Crippen LogP contribution in [0.5, 0.6) is 0 Å². The fourth-order valence-electron chi connectivity index (χ4n) is 2.72. The predicted molar refractivity (Wildman–Crippen MR) is 60.6 cm³/mol. The van der Waals surface area contributed by atoms with Crippen molar-refractivity contribution in [3.8, 4) is 0 Å². The summed E-state index contributed by atoms with van der Waals surface area (Å²) in [5, 5.41) is 0. The first-order chi connectivity index (χ1) is 7.36. The molecular formula is C14H16O. The van der Waals surface area contributed by atoms with E-state index in [0.717, 1.165) is 6.42 Å². The van der Waals surface area contributed by atoms with E-state index >= 15 is 0 Å². The lowest BCUT2D eigenvalue weighted by Gasteiger charge is -2.24. The molecule has 2 aliphatic heterocycles. The van der Waals surface area contributed by atoms with Gasteiger partial charge in [-0.2, -0.15) is 0 Å². The fourth-order valence-corrected chi connectivity index (χ4v) is 2.72. The molecule has 0 aliphatic carbocycles. The molecule has 78 valence electrons. The van der Waals surface area contributed by atoms with Gasteiger partial charge in [-0.1, -0.05) is 50.1 Å². The zero-order chi connectivity index (χ0) is 10.3. The molecule has 2 bridgehead atoms. The van der Waals surface area contributed by atoms with Crippen molar-refractivity contribution in [3.05, 3.63) is 47.5 Å². The van der Waals surface area contributed by atoms with Crippen molar-refractivity contribution in [2.45, 2.75) is 37.9 Å². The first kappa shape index (κ1) is 9.17. The highest BCUT2D eigenvalue weighted by atomic mass is 16.5. The summed E-state index contributed by atoms with van der Waals surface area (Å²) in [6, 6.07) is 8.63. The molecular weight excluding hydrogens is 184 g/mol. The first-order valence-corrected chi connectivity index (χ1v) is 5.82. The van der Waals surface area contributed by atoms with Gasteiger partial charge in [0.1, 0.15) is 11.7 Å². The Morgan fingerprint density at radius 3 is 3.07 bits per heavy atom. The normalized spacial score (nSPS) is 30.9. The van der Waals surface area contributed by atoms with Crippen molar-refractivity contribution >= 4 is 0 Å². The Kier molecular flexibility index (Phi) is 1.96. The van der Waals surface area contributed by atoms with E-state index in [1.54, 1.807) is 0 Å². The second kappa shape index (κ2) is 3.21. The van der Waals surface area contributed by atoms with E-state index in [0.29, 0.717) is 0 Å². The molecule has 15 heavy (non-hydrogen) atoms.